The van der Waals surface area contributed by atoms with Crippen molar-refractivity contribution in [1.29, 1.82) is 5.41 Å². The average Bonchev–Trinajstić information content (AvgIpc) is 2.29. The van der Waals surface area contributed by atoms with E-state index >= 15 is 0 Å². The third-order valence-corrected chi connectivity index (χ3v) is 2.15. The monoisotopic (exact) mass is 222 g/mol. The summed E-state index contributed by atoms with van der Waals surface area (Å²) in [6, 6.07) is 9.96. The smallest absolute Gasteiger partial charge is 0.120 e. The van der Waals surface area contributed by atoms with Crippen molar-refractivity contribution >= 4 is 5.84 Å². The zero-order chi connectivity index (χ0) is 11.8. The minimum Gasteiger partial charge on any atom is -0.385 e. The van der Waals surface area contributed by atoms with Gasteiger partial charge in [0.25, 0.3) is 0 Å². The Morgan fingerprint density at radius 1 is 1.31 bits per heavy atom. The Hall–Kier alpha value is -1.39. The Labute approximate surface area is 95.9 Å². The number of amidine groups is 1. The standard InChI is InChI=1S/C12H18N2O2/c1-10(12(13)14)16-8-7-15-9-11-5-3-2-4-6-11/h2-6,10H,7-9H2,1H3,(H3,13,14). The van der Waals surface area contributed by atoms with Crippen LogP contribution in [-0.2, 0) is 16.1 Å². The third-order valence-electron chi connectivity index (χ3n) is 2.15. The summed E-state index contributed by atoms with van der Waals surface area (Å²) in [5.41, 5.74) is 6.40. The molecule has 0 spiro atoms. The first-order chi connectivity index (χ1) is 7.70. The molecule has 3 N–H and O–H groups in total. The van der Waals surface area contributed by atoms with Crippen molar-refractivity contribution in [3.63, 3.8) is 0 Å². The lowest BCUT2D eigenvalue weighted by Gasteiger charge is -2.11. The minimum atomic E-state index is -0.333. The fourth-order valence-corrected chi connectivity index (χ4v) is 1.14. The van der Waals surface area contributed by atoms with Gasteiger partial charge in [0, 0.05) is 0 Å². The first-order valence-corrected chi connectivity index (χ1v) is 5.27. The molecule has 0 amide bonds. The van der Waals surface area contributed by atoms with Crippen molar-refractivity contribution in [3.8, 4) is 0 Å². The minimum absolute atomic E-state index is 0.0445. The molecule has 0 saturated heterocycles. The molecule has 0 aliphatic rings. The molecule has 0 fully saturated rings. The molecule has 1 rings (SSSR count). The highest BCUT2D eigenvalue weighted by Crippen LogP contribution is 2.00. The van der Waals surface area contributed by atoms with Gasteiger partial charge >= 0.3 is 0 Å². The predicted molar refractivity (Wildman–Crippen MR) is 63.4 cm³/mol. The lowest BCUT2D eigenvalue weighted by molar-refractivity contribution is 0.0288. The summed E-state index contributed by atoms with van der Waals surface area (Å²) in [4.78, 5) is 0. The Bertz CT molecular complexity index is 314. The lowest BCUT2D eigenvalue weighted by Crippen LogP contribution is -2.28. The van der Waals surface area contributed by atoms with Gasteiger partial charge in [-0.2, -0.15) is 0 Å². The fraction of sp³-hybridized carbons (Fsp3) is 0.417. The van der Waals surface area contributed by atoms with Gasteiger partial charge in [-0.15, -0.1) is 0 Å². The van der Waals surface area contributed by atoms with Crippen molar-refractivity contribution in [1.82, 2.24) is 0 Å². The third kappa shape index (κ3) is 4.91. The molecule has 1 aromatic rings. The summed E-state index contributed by atoms with van der Waals surface area (Å²) < 4.78 is 10.7. The molecule has 0 saturated carbocycles. The molecule has 0 bridgehead atoms. The van der Waals surface area contributed by atoms with E-state index in [1.165, 1.54) is 0 Å². The Morgan fingerprint density at radius 3 is 2.62 bits per heavy atom. The molecule has 4 heteroatoms. The van der Waals surface area contributed by atoms with E-state index in [2.05, 4.69) is 0 Å². The van der Waals surface area contributed by atoms with E-state index in [-0.39, 0.29) is 11.9 Å². The molecular weight excluding hydrogens is 204 g/mol. The molecule has 0 radical (unpaired) electrons. The summed E-state index contributed by atoms with van der Waals surface area (Å²) in [6.45, 7) is 3.29. The zero-order valence-electron chi connectivity index (χ0n) is 9.48. The molecule has 88 valence electrons. The number of rotatable bonds is 7. The van der Waals surface area contributed by atoms with Crippen LogP contribution in [-0.4, -0.2) is 25.2 Å². The Kier molecular flexibility index (Phi) is 5.53. The van der Waals surface area contributed by atoms with Crippen molar-refractivity contribution < 1.29 is 9.47 Å². The Morgan fingerprint density at radius 2 is 2.00 bits per heavy atom. The summed E-state index contributed by atoms with van der Waals surface area (Å²) >= 11 is 0. The molecule has 0 aromatic heterocycles. The van der Waals surface area contributed by atoms with Gasteiger partial charge in [-0.05, 0) is 12.5 Å². The fourth-order valence-electron chi connectivity index (χ4n) is 1.14. The van der Waals surface area contributed by atoms with E-state index in [0.29, 0.717) is 19.8 Å². The number of hydrogen-bond donors (Lipinski definition) is 2. The molecule has 0 aliphatic heterocycles. The van der Waals surface area contributed by atoms with Gasteiger partial charge in [-0.25, -0.2) is 0 Å². The number of hydrogen-bond acceptors (Lipinski definition) is 3. The summed E-state index contributed by atoms with van der Waals surface area (Å²) in [5.74, 6) is 0.0445. The van der Waals surface area contributed by atoms with Gasteiger partial charge in [-0.1, -0.05) is 30.3 Å². The SMILES string of the molecule is CC(OCCOCc1ccccc1)C(=N)N. The second kappa shape index (κ2) is 6.98. The highest BCUT2D eigenvalue weighted by Gasteiger charge is 2.03. The Balaban J connectivity index is 2.07. The van der Waals surface area contributed by atoms with Crippen LogP contribution < -0.4 is 5.73 Å². The van der Waals surface area contributed by atoms with Gasteiger partial charge < -0.3 is 15.2 Å². The first kappa shape index (κ1) is 12.7. The topological polar surface area (TPSA) is 68.3 Å². The van der Waals surface area contributed by atoms with Crippen LogP contribution in [0.15, 0.2) is 30.3 Å². The number of nitrogens with one attached hydrogen (secondary N) is 1. The molecule has 1 aromatic carbocycles. The highest BCUT2D eigenvalue weighted by molar-refractivity contribution is 5.81. The normalized spacial score (nSPS) is 12.3. The molecule has 1 atom stereocenters. The summed E-state index contributed by atoms with van der Waals surface area (Å²) in [5, 5.41) is 7.13. The van der Waals surface area contributed by atoms with Crippen LogP contribution in [0.2, 0.25) is 0 Å². The van der Waals surface area contributed by atoms with E-state index in [9.17, 15) is 0 Å². The quantitative estimate of drug-likeness (QED) is 0.418. The average molecular weight is 222 g/mol. The van der Waals surface area contributed by atoms with Gasteiger partial charge in [0.05, 0.1) is 19.8 Å². The molecule has 1 unspecified atom stereocenters. The van der Waals surface area contributed by atoms with Crippen LogP contribution in [0.5, 0.6) is 0 Å². The van der Waals surface area contributed by atoms with E-state index in [4.69, 9.17) is 20.6 Å². The van der Waals surface area contributed by atoms with Gasteiger partial charge in [-0.3, -0.25) is 5.41 Å². The summed E-state index contributed by atoms with van der Waals surface area (Å²) in [7, 11) is 0. The number of nitrogens with two attached hydrogens (primary N) is 1. The van der Waals surface area contributed by atoms with Crippen LogP contribution in [0.4, 0.5) is 0 Å². The maximum absolute atomic E-state index is 7.13. The second-order valence-electron chi connectivity index (χ2n) is 3.51. The lowest BCUT2D eigenvalue weighted by atomic mass is 10.2. The molecule has 4 nitrogen and oxygen atoms in total. The largest absolute Gasteiger partial charge is 0.385 e. The van der Waals surface area contributed by atoms with Crippen LogP contribution >= 0.6 is 0 Å². The van der Waals surface area contributed by atoms with Crippen LogP contribution in [0.1, 0.15) is 12.5 Å². The predicted octanol–water partition coefficient (Wildman–Crippen LogP) is 1.54. The molecule has 16 heavy (non-hydrogen) atoms. The van der Waals surface area contributed by atoms with Gasteiger partial charge in [0.15, 0.2) is 0 Å². The number of benzene rings is 1. The number of ether oxygens (including phenoxy) is 2. The highest BCUT2D eigenvalue weighted by atomic mass is 16.5. The van der Waals surface area contributed by atoms with Crippen molar-refractivity contribution in [2.24, 2.45) is 5.73 Å². The van der Waals surface area contributed by atoms with Gasteiger partial charge in [0.1, 0.15) is 11.9 Å². The molecule has 0 heterocycles. The zero-order valence-corrected chi connectivity index (χ0v) is 9.48. The maximum Gasteiger partial charge on any atom is 0.120 e. The van der Waals surface area contributed by atoms with Gasteiger partial charge in [0.2, 0.25) is 0 Å². The molecular formula is C12H18N2O2. The van der Waals surface area contributed by atoms with Crippen LogP contribution in [0.3, 0.4) is 0 Å². The van der Waals surface area contributed by atoms with Crippen molar-refractivity contribution in [2.75, 3.05) is 13.2 Å². The van der Waals surface area contributed by atoms with Crippen LogP contribution in [0, 0.1) is 5.41 Å². The van der Waals surface area contributed by atoms with E-state index < -0.39 is 0 Å². The molecule has 0 aliphatic carbocycles. The van der Waals surface area contributed by atoms with E-state index in [0.717, 1.165) is 5.56 Å². The second-order valence-corrected chi connectivity index (χ2v) is 3.51. The van der Waals surface area contributed by atoms with E-state index in [1.54, 1.807) is 6.92 Å². The van der Waals surface area contributed by atoms with Crippen molar-refractivity contribution in [3.05, 3.63) is 35.9 Å². The van der Waals surface area contributed by atoms with Crippen LogP contribution in [0.25, 0.3) is 0 Å². The maximum atomic E-state index is 7.13. The van der Waals surface area contributed by atoms with E-state index in [1.807, 2.05) is 30.3 Å². The summed E-state index contributed by atoms with van der Waals surface area (Å²) in [6.07, 6.45) is -0.333. The van der Waals surface area contributed by atoms with Crippen molar-refractivity contribution in [2.45, 2.75) is 19.6 Å². The first-order valence-electron chi connectivity index (χ1n) is 5.27.